The molecule has 2 rings (SSSR count). The van der Waals surface area contributed by atoms with Crippen LogP contribution >= 0.6 is 11.6 Å². The first-order chi connectivity index (χ1) is 12.0. The summed E-state index contributed by atoms with van der Waals surface area (Å²) in [4.78, 5) is 11.9. The lowest BCUT2D eigenvalue weighted by Crippen LogP contribution is -2.27. The van der Waals surface area contributed by atoms with E-state index in [-0.39, 0.29) is 12.0 Å². The van der Waals surface area contributed by atoms with Gasteiger partial charge in [-0.2, -0.15) is 0 Å². The van der Waals surface area contributed by atoms with Gasteiger partial charge in [-0.25, -0.2) is 0 Å². The first-order valence-corrected chi connectivity index (χ1v) is 8.93. The van der Waals surface area contributed by atoms with Gasteiger partial charge in [0, 0.05) is 24.5 Å². The Hall–Kier alpha value is -2.20. The van der Waals surface area contributed by atoms with Gasteiger partial charge in [0.25, 0.3) is 0 Å². The highest BCUT2D eigenvalue weighted by Crippen LogP contribution is 2.24. The van der Waals surface area contributed by atoms with Crippen LogP contribution in [-0.4, -0.2) is 25.1 Å². The Morgan fingerprint density at radius 3 is 2.68 bits per heavy atom. The van der Waals surface area contributed by atoms with Gasteiger partial charge in [0.05, 0.1) is 11.8 Å². The summed E-state index contributed by atoms with van der Waals surface area (Å²) in [5, 5.41) is 6.91. The van der Waals surface area contributed by atoms with Crippen LogP contribution in [0, 0.1) is 0 Å². The van der Waals surface area contributed by atoms with Crippen LogP contribution in [0.2, 0.25) is 5.02 Å². The molecule has 2 N–H and O–H groups in total. The minimum absolute atomic E-state index is 0.0248. The first kappa shape index (κ1) is 19.1. The fourth-order valence-corrected chi connectivity index (χ4v) is 2.62. The smallest absolute Gasteiger partial charge is 0.221 e. The third-order valence-corrected chi connectivity index (χ3v) is 3.78. The van der Waals surface area contributed by atoms with E-state index in [4.69, 9.17) is 16.3 Å². The van der Waals surface area contributed by atoms with Crippen LogP contribution in [0.4, 0.5) is 5.69 Å². The summed E-state index contributed by atoms with van der Waals surface area (Å²) in [6, 6.07) is 15.4. The molecule has 2 aromatic carbocycles. The maximum absolute atomic E-state index is 11.9. The van der Waals surface area contributed by atoms with Crippen molar-refractivity contribution in [3.63, 3.8) is 0 Å². The average molecular weight is 361 g/mol. The van der Waals surface area contributed by atoms with E-state index in [9.17, 15) is 4.79 Å². The molecule has 0 bridgehead atoms. The van der Waals surface area contributed by atoms with Crippen molar-refractivity contribution in [1.82, 2.24) is 5.32 Å². The van der Waals surface area contributed by atoms with Gasteiger partial charge in [-0.1, -0.05) is 35.9 Å². The van der Waals surface area contributed by atoms with Gasteiger partial charge in [-0.15, -0.1) is 0 Å². The van der Waals surface area contributed by atoms with Gasteiger partial charge < -0.3 is 15.4 Å². The minimum atomic E-state index is 0.0248. The minimum Gasteiger partial charge on any atom is -0.489 e. The fraction of sp³-hybridized carbons (Fsp3) is 0.350. The van der Waals surface area contributed by atoms with E-state index < -0.39 is 0 Å². The molecule has 0 spiro atoms. The molecular formula is C20H25ClN2O2. The van der Waals surface area contributed by atoms with Crippen LogP contribution in [0.15, 0.2) is 48.5 Å². The molecule has 5 heteroatoms. The molecule has 0 aromatic heterocycles. The maximum Gasteiger partial charge on any atom is 0.221 e. The number of nitrogens with one attached hydrogen (secondary N) is 2. The highest BCUT2D eigenvalue weighted by molar-refractivity contribution is 6.30. The number of benzene rings is 2. The molecule has 0 saturated carbocycles. The van der Waals surface area contributed by atoms with E-state index in [1.807, 2.05) is 62.4 Å². The molecule has 0 unspecified atom stereocenters. The van der Waals surface area contributed by atoms with Crippen molar-refractivity contribution in [2.45, 2.75) is 32.8 Å². The second kappa shape index (κ2) is 9.94. The lowest BCUT2D eigenvalue weighted by Gasteiger charge is -2.15. The molecule has 0 aliphatic rings. The zero-order valence-corrected chi connectivity index (χ0v) is 15.5. The molecule has 0 aliphatic heterocycles. The Morgan fingerprint density at radius 2 is 1.92 bits per heavy atom. The van der Waals surface area contributed by atoms with Crippen LogP contribution in [0.25, 0.3) is 0 Å². The van der Waals surface area contributed by atoms with Crippen molar-refractivity contribution < 1.29 is 9.53 Å². The van der Waals surface area contributed by atoms with Crippen LogP contribution in [0.5, 0.6) is 5.75 Å². The molecule has 0 heterocycles. The summed E-state index contributed by atoms with van der Waals surface area (Å²) in [7, 11) is 0. The number of para-hydroxylation sites is 2. The van der Waals surface area contributed by atoms with Crippen molar-refractivity contribution in [3.05, 3.63) is 59.1 Å². The molecule has 4 nitrogen and oxygen atoms in total. The van der Waals surface area contributed by atoms with E-state index >= 15 is 0 Å². The van der Waals surface area contributed by atoms with E-state index in [0.29, 0.717) is 19.5 Å². The maximum atomic E-state index is 11.9. The third-order valence-electron chi connectivity index (χ3n) is 3.54. The van der Waals surface area contributed by atoms with Crippen LogP contribution < -0.4 is 15.4 Å². The van der Waals surface area contributed by atoms with Crippen molar-refractivity contribution in [3.8, 4) is 5.75 Å². The highest BCUT2D eigenvalue weighted by Gasteiger charge is 2.06. The quantitative estimate of drug-likeness (QED) is 0.701. The van der Waals surface area contributed by atoms with Crippen LogP contribution in [0.3, 0.4) is 0 Å². The molecule has 0 saturated heterocycles. The van der Waals surface area contributed by atoms with Gasteiger partial charge in [0.2, 0.25) is 5.91 Å². The zero-order chi connectivity index (χ0) is 18.1. The summed E-state index contributed by atoms with van der Waals surface area (Å²) in [6.07, 6.45) is 1.29. The topological polar surface area (TPSA) is 50.4 Å². The summed E-state index contributed by atoms with van der Waals surface area (Å²) in [6.45, 7) is 5.14. The number of hydrogen-bond acceptors (Lipinski definition) is 3. The molecule has 0 aliphatic carbocycles. The SMILES string of the molecule is CC(C)Oc1ccccc1NCCC(=O)NCCc1cccc(Cl)c1. The van der Waals surface area contributed by atoms with Gasteiger partial charge in [0.15, 0.2) is 0 Å². The third kappa shape index (κ3) is 7.06. The van der Waals surface area contributed by atoms with Crippen LogP contribution in [-0.2, 0) is 11.2 Å². The van der Waals surface area contributed by atoms with Crippen molar-refractivity contribution in [2.75, 3.05) is 18.4 Å². The molecule has 2 aromatic rings. The zero-order valence-electron chi connectivity index (χ0n) is 14.7. The fourth-order valence-electron chi connectivity index (χ4n) is 2.41. The number of hydrogen-bond donors (Lipinski definition) is 2. The number of amides is 1. The summed E-state index contributed by atoms with van der Waals surface area (Å²) in [5.74, 6) is 0.829. The Labute approximate surface area is 154 Å². The van der Waals surface area contributed by atoms with E-state index in [0.717, 1.165) is 28.4 Å². The van der Waals surface area contributed by atoms with Crippen molar-refractivity contribution in [2.24, 2.45) is 0 Å². The lowest BCUT2D eigenvalue weighted by atomic mass is 10.1. The highest BCUT2D eigenvalue weighted by atomic mass is 35.5. The van der Waals surface area contributed by atoms with E-state index in [1.54, 1.807) is 0 Å². The van der Waals surface area contributed by atoms with Crippen molar-refractivity contribution in [1.29, 1.82) is 0 Å². The van der Waals surface area contributed by atoms with E-state index in [1.165, 1.54) is 0 Å². The molecular weight excluding hydrogens is 336 g/mol. The molecule has 134 valence electrons. The Balaban J connectivity index is 1.70. The van der Waals surface area contributed by atoms with Gasteiger partial charge in [-0.05, 0) is 50.1 Å². The molecule has 1 amide bonds. The standard InChI is InChI=1S/C20H25ClN2O2/c1-15(2)25-19-9-4-3-8-18(19)22-13-11-20(24)23-12-10-16-6-5-7-17(21)14-16/h3-9,14-15,22H,10-13H2,1-2H3,(H,23,24). The summed E-state index contributed by atoms with van der Waals surface area (Å²) in [5.41, 5.74) is 2.02. The second-order valence-corrected chi connectivity index (χ2v) is 6.51. The monoisotopic (exact) mass is 360 g/mol. The summed E-state index contributed by atoms with van der Waals surface area (Å²) >= 11 is 5.95. The molecule has 25 heavy (non-hydrogen) atoms. The largest absolute Gasteiger partial charge is 0.489 e. The number of halogens is 1. The lowest BCUT2D eigenvalue weighted by molar-refractivity contribution is -0.120. The average Bonchev–Trinajstić information content (AvgIpc) is 2.56. The number of carbonyl (C=O) groups excluding carboxylic acids is 1. The summed E-state index contributed by atoms with van der Waals surface area (Å²) < 4.78 is 5.75. The normalized spacial score (nSPS) is 10.6. The van der Waals surface area contributed by atoms with Gasteiger partial charge >= 0.3 is 0 Å². The predicted molar refractivity (Wildman–Crippen MR) is 103 cm³/mol. The van der Waals surface area contributed by atoms with Crippen molar-refractivity contribution >= 4 is 23.2 Å². The van der Waals surface area contributed by atoms with Gasteiger partial charge in [0.1, 0.15) is 5.75 Å². The Kier molecular flexibility index (Phi) is 7.61. The Bertz CT molecular complexity index is 689. The molecule has 0 atom stereocenters. The van der Waals surface area contributed by atoms with E-state index in [2.05, 4.69) is 10.6 Å². The molecule has 0 fully saturated rings. The predicted octanol–water partition coefficient (Wildman–Crippen LogP) is 4.29. The second-order valence-electron chi connectivity index (χ2n) is 6.07. The molecule has 0 radical (unpaired) electrons. The van der Waals surface area contributed by atoms with Gasteiger partial charge in [-0.3, -0.25) is 4.79 Å². The number of rotatable bonds is 9. The first-order valence-electron chi connectivity index (χ1n) is 8.55. The Morgan fingerprint density at radius 1 is 1.12 bits per heavy atom. The number of ether oxygens (including phenoxy) is 1. The van der Waals surface area contributed by atoms with Crippen LogP contribution in [0.1, 0.15) is 25.8 Å². The number of anilines is 1. The number of carbonyl (C=O) groups is 1.